The van der Waals surface area contributed by atoms with Crippen LogP contribution >= 0.6 is 12.4 Å². The molecule has 0 radical (unpaired) electrons. The molecule has 4 rings (SSSR count). The van der Waals surface area contributed by atoms with Crippen molar-refractivity contribution in [2.24, 2.45) is 5.41 Å². The summed E-state index contributed by atoms with van der Waals surface area (Å²) in [5.41, 5.74) is 4.86. The first-order valence-electron chi connectivity index (χ1n) is 14.1. The molecule has 0 bridgehead atoms. The first-order valence-corrected chi connectivity index (χ1v) is 14.1. The average Bonchev–Trinajstić information content (AvgIpc) is 2.92. The highest BCUT2D eigenvalue weighted by Gasteiger charge is 2.35. The van der Waals surface area contributed by atoms with Crippen molar-refractivity contribution in [1.29, 1.82) is 0 Å². The van der Waals surface area contributed by atoms with Crippen LogP contribution in [0.1, 0.15) is 83.6 Å². The number of methoxy groups -OCH3 is 1. The second-order valence-corrected chi connectivity index (χ2v) is 10.8. The van der Waals surface area contributed by atoms with E-state index in [0.717, 1.165) is 45.1 Å². The largest absolute Gasteiger partial charge is 0.495 e. The Hall–Kier alpha value is -1.17. The van der Waals surface area contributed by atoms with Crippen LogP contribution in [0, 0.1) is 5.41 Å². The van der Waals surface area contributed by atoms with Crippen LogP contribution in [-0.2, 0) is 4.74 Å². The van der Waals surface area contributed by atoms with Crippen LogP contribution in [0.15, 0.2) is 12.1 Å². The lowest BCUT2D eigenvalue weighted by molar-refractivity contribution is 0.122. The van der Waals surface area contributed by atoms with Gasteiger partial charge in [0, 0.05) is 51.0 Å². The third-order valence-corrected chi connectivity index (χ3v) is 9.21. The summed E-state index contributed by atoms with van der Waals surface area (Å²) >= 11 is 0. The molecule has 2 saturated heterocycles. The lowest BCUT2D eigenvalue weighted by Crippen LogP contribution is -2.47. The second-order valence-electron chi connectivity index (χ2n) is 10.8. The summed E-state index contributed by atoms with van der Waals surface area (Å²) in [7, 11) is 1.84. The number of anilines is 2. The minimum absolute atomic E-state index is 0. The monoisotopic (exact) mass is 507 g/mol. The molecule has 0 N–H and O–H groups in total. The zero-order valence-electron chi connectivity index (χ0n) is 22.8. The van der Waals surface area contributed by atoms with Crippen LogP contribution in [0.3, 0.4) is 0 Å². The fourth-order valence-corrected chi connectivity index (χ4v) is 6.48. The highest BCUT2D eigenvalue weighted by molar-refractivity contribution is 5.85. The maximum absolute atomic E-state index is 5.99. The lowest BCUT2D eigenvalue weighted by atomic mass is 9.66. The highest BCUT2D eigenvalue weighted by Crippen LogP contribution is 2.50. The first kappa shape index (κ1) is 28.4. The molecule has 5 nitrogen and oxygen atoms in total. The highest BCUT2D eigenvalue weighted by atomic mass is 35.5. The normalized spacial score (nSPS) is 21.6. The lowest BCUT2D eigenvalue weighted by Gasteiger charge is -2.42. The van der Waals surface area contributed by atoms with Crippen molar-refractivity contribution in [2.45, 2.75) is 78.1 Å². The number of morpholine rings is 1. The molecule has 35 heavy (non-hydrogen) atoms. The molecule has 1 aromatic rings. The zero-order valence-corrected chi connectivity index (χ0v) is 23.6. The summed E-state index contributed by atoms with van der Waals surface area (Å²) in [6.07, 6.45) is 10.6. The second kappa shape index (κ2) is 13.4. The SMILES string of the molecule is CCCCN1CCN(c2cc(OC)c(N3CCOCC3)cc2C2CCC(CC)(CC)CC2)CC1.Cl. The molecule has 2 aliphatic heterocycles. The van der Waals surface area contributed by atoms with Crippen LogP contribution in [0.4, 0.5) is 11.4 Å². The predicted octanol–water partition coefficient (Wildman–Crippen LogP) is 6.34. The Morgan fingerprint density at radius 1 is 0.886 bits per heavy atom. The molecule has 1 saturated carbocycles. The molecule has 3 fully saturated rings. The number of hydrogen-bond donors (Lipinski definition) is 0. The molecule has 0 atom stereocenters. The number of hydrogen-bond acceptors (Lipinski definition) is 5. The number of unbranched alkanes of at least 4 members (excludes halogenated alkanes) is 1. The van der Waals surface area contributed by atoms with Crippen LogP contribution in [0.5, 0.6) is 5.75 Å². The van der Waals surface area contributed by atoms with Crippen molar-refractivity contribution in [3.63, 3.8) is 0 Å². The smallest absolute Gasteiger partial charge is 0.144 e. The van der Waals surface area contributed by atoms with Crippen molar-refractivity contribution in [3.05, 3.63) is 17.7 Å². The summed E-state index contributed by atoms with van der Waals surface area (Å²) < 4.78 is 11.6. The van der Waals surface area contributed by atoms with Gasteiger partial charge < -0.3 is 19.3 Å². The van der Waals surface area contributed by atoms with E-state index in [1.165, 1.54) is 82.4 Å². The maximum Gasteiger partial charge on any atom is 0.144 e. The molecule has 0 spiro atoms. The van der Waals surface area contributed by atoms with Crippen LogP contribution in [0.2, 0.25) is 0 Å². The van der Waals surface area contributed by atoms with Gasteiger partial charge in [0.1, 0.15) is 5.75 Å². The molecular weight excluding hydrogens is 458 g/mol. The van der Waals surface area contributed by atoms with Gasteiger partial charge in [-0.1, -0.05) is 40.0 Å². The Bertz CT molecular complexity index is 761. The quantitative estimate of drug-likeness (QED) is 0.389. The fourth-order valence-electron chi connectivity index (χ4n) is 6.48. The molecule has 2 heterocycles. The number of ether oxygens (including phenoxy) is 2. The van der Waals surface area contributed by atoms with E-state index in [4.69, 9.17) is 9.47 Å². The Morgan fingerprint density at radius 2 is 1.51 bits per heavy atom. The van der Waals surface area contributed by atoms with E-state index in [2.05, 4.69) is 47.6 Å². The van der Waals surface area contributed by atoms with Crippen molar-refractivity contribution in [3.8, 4) is 5.75 Å². The Morgan fingerprint density at radius 3 is 2.09 bits per heavy atom. The van der Waals surface area contributed by atoms with Gasteiger partial charge in [-0.05, 0) is 61.6 Å². The standard InChI is InChI=1S/C29H49N3O2.ClH/c1-5-8-13-30-14-16-31(17-15-30)26-23-28(33-4)27(32-18-20-34-21-19-32)22-25(26)24-9-11-29(6-2,7-3)12-10-24;/h22-24H,5-21H2,1-4H3;1H. The van der Waals surface area contributed by atoms with Crippen LogP contribution in [0.25, 0.3) is 0 Å². The van der Waals surface area contributed by atoms with Gasteiger partial charge in [0.05, 0.1) is 26.0 Å². The van der Waals surface area contributed by atoms with Gasteiger partial charge in [-0.2, -0.15) is 0 Å². The van der Waals surface area contributed by atoms with Gasteiger partial charge in [-0.25, -0.2) is 0 Å². The van der Waals surface area contributed by atoms with Crippen molar-refractivity contribution < 1.29 is 9.47 Å². The molecule has 1 aliphatic carbocycles. The number of benzene rings is 1. The third-order valence-electron chi connectivity index (χ3n) is 9.21. The number of rotatable bonds is 9. The summed E-state index contributed by atoms with van der Waals surface area (Å²) in [5.74, 6) is 1.69. The van der Waals surface area contributed by atoms with E-state index in [0.29, 0.717) is 11.3 Å². The number of piperazine rings is 1. The summed E-state index contributed by atoms with van der Waals surface area (Å²) in [6, 6.07) is 4.89. The fraction of sp³-hybridized carbons (Fsp3) is 0.793. The Labute approximate surface area is 220 Å². The molecule has 0 unspecified atom stereocenters. The molecule has 0 aromatic heterocycles. The van der Waals surface area contributed by atoms with E-state index in [1.54, 1.807) is 5.56 Å². The van der Waals surface area contributed by atoms with Crippen molar-refractivity contribution in [1.82, 2.24) is 4.90 Å². The minimum Gasteiger partial charge on any atom is -0.495 e. The Kier molecular flexibility index (Phi) is 10.9. The molecule has 1 aromatic carbocycles. The Balaban J connectivity index is 0.00000342. The van der Waals surface area contributed by atoms with Gasteiger partial charge in [0.25, 0.3) is 0 Å². The third kappa shape index (κ3) is 6.59. The van der Waals surface area contributed by atoms with Gasteiger partial charge >= 0.3 is 0 Å². The topological polar surface area (TPSA) is 28.2 Å². The molecular formula is C29H50ClN3O2. The van der Waals surface area contributed by atoms with Crippen LogP contribution < -0.4 is 14.5 Å². The van der Waals surface area contributed by atoms with E-state index >= 15 is 0 Å². The molecule has 3 aliphatic rings. The average molecular weight is 508 g/mol. The summed E-state index contributed by atoms with van der Waals surface area (Å²) in [6.45, 7) is 16.4. The van der Waals surface area contributed by atoms with Gasteiger partial charge in [-0.3, -0.25) is 4.90 Å². The van der Waals surface area contributed by atoms with Gasteiger partial charge in [-0.15, -0.1) is 12.4 Å². The predicted molar refractivity (Wildman–Crippen MR) is 151 cm³/mol. The van der Waals surface area contributed by atoms with Gasteiger partial charge in [0.2, 0.25) is 0 Å². The molecule has 6 heteroatoms. The zero-order chi connectivity index (χ0) is 24.0. The van der Waals surface area contributed by atoms with E-state index in [9.17, 15) is 0 Å². The van der Waals surface area contributed by atoms with E-state index in [1.807, 2.05) is 7.11 Å². The number of halogens is 1. The van der Waals surface area contributed by atoms with Crippen LogP contribution in [-0.4, -0.2) is 71.0 Å². The van der Waals surface area contributed by atoms with E-state index < -0.39 is 0 Å². The number of nitrogens with zero attached hydrogens (tertiary/aromatic N) is 3. The van der Waals surface area contributed by atoms with Gasteiger partial charge in [0.15, 0.2) is 0 Å². The molecule has 200 valence electrons. The maximum atomic E-state index is 5.99. The minimum atomic E-state index is 0. The molecule has 0 amide bonds. The van der Waals surface area contributed by atoms with Crippen molar-refractivity contribution >= 4 is 23.8 Å². The summed E-state index contributed by atoms with van der Waals surface area (Å²) in [4.78, 5) is 7.78. The van der Waals surface area contributed by atoms with Crippen molar-refractivity contribution in [2.75, 3.05) is 75.9 Å². The van der Waals surface area contributed by atoms with E-state index in [-0.39, 0.29) is 12.4 Å². The first-order chi connectivity index (χ1) is 16.6. The summed E-state index contributed by atoms with van der Waals surface area (Å²) in [5, 5.41) is 0.